The molecule has 3 heteroatoms. The first-order chi connectivity index (χ1) is 10.1. The Morgan fingerprint density at radius 1 is 1.19 bits per heavy atom. The first-order valence-corrected chi connectivity index (χ1v) is 8.10. The van der Waals surface area contributed by atoms with E-state index < -0.39 is 0 Å². The monoisotopic (exact) mass is 288 g/mol. The Balaban J connectivity index is 1.89. The summed E-state index contributed by atoms with van der Waals surface area (Å²) in [6.45, 7) is 6.50. The third kappa shape index (κ3) is 4.85. The number of hydrogen-bond donors (Lipinski definition) is 1. The van der Waals surface area contributed by atoms with Crippen LogP contribution >= 0.6 is 0 Å². The van der Waals surface area contributed by atoms with E-state index in [-0.39, 0.29) is 5.91 Å². The minimum atomic E-state index is 0.235. The lowest BCUT2D eigenvalue weighted by atomic mass is 10.0. The molecular weight excluding hydrogens is 260 g/mol. The molecule has 0 spiro atoms. The van der Waals surface area contributed by atoms with Crippen LogP contribution in [0.5, 0.6) is 0 Å². The van der Waals surface area contributed by atoms with Crippen molar-refractivity contribution in [2.75, 3.05) is 20.1 Å². The van der Waals surface area contributed by atoms with Gasteiger partial charge in [-0.25, -0.2) is 0 Å². The highest BCUT2D eigenvalue weighted by Gasteiger charge is 2.21. The zero-order chi connectivity index (χ0) is 15.2. The van der Waals surface area contributed by atoms with Crippen molar-refractivity contribution in [1.29, 1.82) is 0 Å². The number of nitrogens with zero attached hydrogens (tertiary/aromatic N) is 1. The zero-order valence-corrected chi connectivity index (χ0v) is 13.6. The second kappa shape index (κ2) is 7.60. The van der Waals surface area contributed by atoms with Gasteiger partial charge in [-0.1, -0.05) is 38.1 Å². The zero-order valence-electron chi connectivity index (χ0n) is 13.6. The minimum absolute atomic E-state index is 0.235. The molecule has 116 valence electrons. The summed E-state index contributed by atoms with van der Waals surface area (Å²) in [5, 5.41) is 3.34. The predicted molar refractivity (Wildman–Crippen MR) is 87.3 cm³/mol. The average molecular weight is 288 g/mol. The SMILES string of the molecule is CC(C)Cc1ccc(CC(=O)N(C)C2CCNCC2)cc1. The molecule has 1 saturated heterocycles. The van der Waals surface area contributed by atoms with Gasteiger partial charge in [-0.15, -0.1) is 0 Å². The van der Waals surface area contributed by atoms with Crippen LogP contribution < -0.4 is 5.32 Å². The molecule has 0 aliphatic carbocycles. The number of piperidine rings is 1. The second-order valence-electron chi connectivity index (χ2n) is 6.58. The maximum absolute atomic E-state index is 12.4. The van der Waals surface area contributed by atoms with Gasteiger partial charge >= 0.3 is 0 Å². The highest BCUT2D eigenvalue weighted by atomic mass is 16.2. The molecule has 1 fully saturated rings. The summed E-state index contributed by atoms with van der Waals surface area (Å²) in [4.78, 5) is 14.3. The second-order valence-corrected chi connectivity index (χ2v) is 6.58. The van der Waals surface area contributed by atoms with Gasteiger partial charge in [0.15, 0.2) is 0 Å². The van der Waals surface area contributed by atoms with Crippen LogP contribution in [0, 0.1) is 5.92 Å². The number of rotatable bonds is 5. The normalized spacial score (nSPS) is 16.2. The van der Waals surface area contributed by atoms with Gasteiger partial charge in [-0.05, 0) is 49.4 Å². The predicted octanol–water partition coefficient (Wildman–Crippen LogP) is 2.64. The number of amides is 1. The van der Waals surface area contributed by atoms with Crippen molar-refractivity contribution < 1.29 is 4.79 Å². The fraction of sp³-hybridized carbons (Fsp3) is 0.611. The summed E-state index contributed by atoms with van der Waals surface area (Å²) in [7, 11) is 1.95. The van der Waals surface area contributed by atoms with Crippen molar-refractivity contribution in [3.05, 3.63) is 35.4 Å². The van der Waals surface area contributed by atoms with Gasteiger partial charge in [0.2, 0.25) is 5.91 Å². The van der Waals surface area contributed by atoms with Gasteiger partial charge in [0.05, 0.1) is 6.42 Å². The van der Waals surface area contributed by atoms with E-state index in [2.05, 4.69) is 43.4 Å². The van der Waals surface area contributed by atoms with Crippen LogP contribution in [-0.4, -0.2) is 37.0 Å². The van der Waals surface area contributed by atoms with Crippen molar-refractivity contribution >= 4 is 5.91 Å². The number of nitrogens with one attached hydrogen (secondary N) is 1. The number of carbonyl (C=O) groups excluding carboxylic acids is 1. The van der Waals surface area contributed by atoms with Crippen LogP contribution in [0.4, 0.5) is 0 Å². The van der Waals surface area contributed by atoms with Crippen LogP contribution in [0.1, 0.15) is 37.8 Å². The van der Waals surface area contributed by atoms with E-state index in [0.717, 1.165) is 37.9 Å². The van der Waals surface area contributed by atoms with E-state index in [1.807, 2.05) is 11.9 Å². The molecule has 1 aromatic rings. The molecule has 3 nitrogen and oxygen atoms in total. The number of hydrogen-bond acceptors (Lipinski definition) is 2. The fourth-order valence-corrected chi connectivity index (χ4v) is 2.96. The van der Waals surface area contributed by atoms with Crippen molar-refractivity contribution in [2.45, 2.75) is 45.6 Å². The summed E-state index contributed by atoms with van der Waals surface area (Å²) < 4.78 is 0. The molecule has 0 unspecified atom stereocenters. The molecule has 0 saturated carbocycles. The summed E-state index contributed by atoms with van der Waals surface area (Å²) in [5.74, 6) is 0.905. The van der Waals surface area contributed by atoms with Gasteiger partial charge in [-0.2, -0.15) is 0 Å². The first-order valence-electron chi connectivity index (χ1n) is 8.10. The lowest BCUT2D eigenvalue weighted by Crippen LogP contribution is -2.44. The van der Waals surface area contributed by atoms with Crippen molar-refractivity contribution in [3.63, 3.8) is 0 Å². The van der Waals surface area contributed by atoms with Crippen LogP contribution in [0.25, 0.3) is 0 Å². The van der Waals surface area contributed by atoms with E-state index in [9.17, 15) is 4.79 Å². The first kappa shape index (κ1) is 16.0. The maximum Gasteiger partial charge on any atom is 0.226 e. The molecule has 1 aliphatic rings. The largest absolute Gasteiger partial charge is 0.342 e. The molecule has 1 aliphatic heterocycles. The smallest absolute Gasteiger partial charge is 0.226 e. The van der Waals surface area contributed by atoms with Crippen molar-refractivity contribution in [2.24, 2.45) is 5.92 Å². The Morgan fingerprint density at radius 3 is 2.33 bits per heavy atom. The standard InChI is InChI=1S/C18H28N2O/c1-14(2)12-15-4-6-16(7-5-15)13-18(21)20(3)17-8-10-19-11-9-17/h4-7,14,17,19H,8-13H2,1-3H3. The summed E-state index contributed by atoms with van der Waals surface area (Å²) in [6, 6.07) is 8.93. The Hall–Kier alpha value is -1.35. The average Bonchev–Trinajstić information content (AvgIpc) is 2.49. The van der Waals surface area contributed by atoms with E-state index in [1.54, 1.807) is 0 Å². The third-order valence-corrected chi connectivity index (χ3v) is 4.27. The molecular formula is C18H28N2O. The lowest BCUT2D eigenvalue weighted by molar-refractivity contribution is -0.131. The molecule has 1 aromatic carbocycles. The lowest BCUT2D eigenvalue weighted by Gasteiger charge is -2.31. The molecule has 21 heavy (non-hydrogen) atoms. The summed E-state index contributed by atoms with van der Waals surface area (Å²) in [6.07, 6.45) is 3.75. The topological polar surface area (TPSA) is 32.3 Å². The molecule has 0 atom stereocenters. The molecule has 1 amide bonds. The van der Waals surface area contributed by atoms with Gasteiger partial charge in [0.25, 0.3) is 0 Å². The Bertz CT molecular complexity index is 447. The van der Waals surface area contributed by atoms with E-state index in [0.29, 0.717) is 18.4 Å². The fourth-order valence-electron chi connectivity index (χ4n) is 2.96. The Morgan fingerprint density at radius 2 is 1.76 bits per heavy atom. The Kier molecular flexibility index (Phi) is 5.80. The number of carbonyl (C=O) groups is 1. The van der Waals surface area contributed by atoms with E-state index >= 15 is 0 Å². The van der Waals surface area contributed by atoms with Gasteiger partial charge < -0.3 is 10.2 Å². The highest BCUT2D eigenvalue weighted by molar-refractivity contribution is 5.78. The van der Waals surface area contributed by atoms with Crippen LogP contribution in [0.2, 0.25) is 0 Å². The molecule has 0 aromatic heterocycles. The van der Waals surface area contributed by atoms with Crippen LogP contribution in [-0.2, 0) is 17.6 Å². The third-order valence-electron chi connectivity index (χ3n) is 4.27. The van der Waals surface area contributed by atoms with Gasteiger partial charge in [0.1, 0.15) is 0 Å². The number of benzene rings is 1. The summed E-state index contributed by atoms with van der Waals surface area (Å²) >= 11 is 0. The van der Waals surface area contributed by atoms with E-state index in [1.165, 1.54) is 5.56 Å². The quantitative estimate of drug-likeness (QED) is 0.903. The van der Waals surface area contributed by atoms with Crippen molar-refractivity contribution in [3.8, 4) is 0 Å². The molecule has 0 radical (unpaired) electrons. The summed E-state index contributed by atoms with van der Waals surface area (Å²) in [5.41, 5.74) is 2.47. The van der Waals surface area contributed by atoms with Gasteiger partial charge in [0, 0.05) is 13.1 Å². The van der Waals surface area contributed by atoms with Gasteiger partial charge in [-0.3, -0.25) is 4.79 Å². The van der Waals surface area contributed by atoms with Crippen molar-refractivity contribution in [1.82, 2.24) is 10.2 Å². The van der Waals surface area contributed by atoms with Crippen LogP contribution in [0.15, 0.2) is 24.3 Å². The molecule has 1 N–H and O–H groups in total. The maximum atomic E-state index is 12.4. The number of likely N-dealkylation sites (N-methyl/N-ethyl adjacent to an activating group) is 1. The molecule has 2 rings (SSSR count). The van der Waals surface area contributed by atoms with Crippen LogP contribution in [0.3, 0.4) is 0 Å². The Labute approximate surface area is 128 Å². The molecule has 1 heterocycles. The molecule has 0 bridgehead atoms. The minimum Gasteiger partial charge on any atom is -0.342 e. The van der Waals surface area contributed by atoms with E-state index in [4.69, 9.17) is 0 Å². The highest BCUT2D eigenvalue weighted by Crippen LogP contribution is 2.14.